The number of fused-ring (bicyclic) bond motifs is 8. The molecule has 0 saturated heterocycles. The number of carbonyl (C=O) groups excluding carboxylic acids is 2. The van der Waals surface area contributed by atoms with E-state index in [0.717, 1.165) is 34.9 Å². The van der Waals surface area contributed by atoms with Gasteiger partial charge in [0.05, 0.1) is 35.9 Å². The predicted octanol–water partition coefficient (Wildman–Crippen LogP) is 11.6. The third kappa shape index (κ3) is 9.59. The molecule has 8 rings (SSSR count). The monoisotopic (exact) mass is 854 g/mol. The van der Waals surface area contributed by atoms with Gasteiger partial charge in [0.25, 0.3) is 0 Å². The van der Waals surface area contributed by atoms with Crippen LogP contribution < -0.4 is 10.1 Å². The fourth-order valence-electron chi connectivity index (χ4n) is 9.02. The van der Waals surface area contributed by atoms with Crippen LogP contribution in [-0.2, 0) is 19.1 Å². The molecule has 0 unspecified atom stereocenters. The highest BCUT2D eigenvalue weighted by Gasteiger charge is 2.57. The molecule has 2 bridgehead atoms. The summed E-state index contributed by atoms with van der Waals surface area (Å²) in [4.78, 5) is 30.6. The number of urea groups is 1. The molecule has 8 nitrogen and oxygen atoms in total. The van der Waals surface area contributed by atoms with Gasteiger partial charge >= 0.3 is 12.2 Å². The van der Waals surface area contributed by atoms with E-state index >= 15 is 0 Å². The molecule has 5 aromatic rings. The van der Waals surface area contributed by atoms with Crippen molar-refractivity contribution in [2.75, 3.05) is 19.0 Å². The number of methoxy groups -OCH3 is 1. The van der Waals surface area contributed by atoms with Crippen molar-refractivity contribution in [3.63, 3.8) is 0 Å². The highest BCUT2D eigenvalue weighted by Crippen LogP contribution is 2.59. The number of anilines is 1. The van der Waals surface area contributed by atoms with Gasteiger partial charge < -0.3 is 29.6 Å². The summed E-state index contributed by atoms with van der Waals surface area (Å²) in [5.41, 5.74) is 1.08. The summed E-state index contributed by atoms with van der Waals surface area (Å²) in [7, 11) is 1.57. The predicted molar refractivity (Wildman–Crippen MR) is 230 cm³/mol. The lowest BCUT2D eigenvalue weighted by atomic mass is 9.64. The summed E-state index contributed by atoms with van der Waals surface area (Å²) in [5.74, 6) is -0.315. The maximum absolute atomic E-state index is 14.7. The van der Waals surface area contributed by atoms with E-state index in [1.54, 1.807) is 42.3 Å². The molecule has 0 radical (unpaired) electrons. The Hall–Kier alpha value is -5.36. The number of carbonyl (C=O) groups is 2. The lowest BCUT2D eigenvalue weighted by Gasteiger charge is -2.46. The van der Waals surface area contributed by atoms with Gasteiger partial charge in [0.15, 0.2) is 5.76 Å². The van der Waals surface area contributed by atoms with Crippen LogP contribution in [0.4, 0.5) is 23.7 Å². The number of aliphatic hydroxyl groups is 2. The van der Waals surface area contributed by atoms with Crippen molar-refractivity contribution in [2.24, 2.45) is 5.41 Å². The Morgan fingerprint density at radius 1 is 0.967 bits per heavy atom. The number of nitrogens with zero attached hydrogens (tertiary/aromatic N) is 1. The summed E-state index contributed by atoms with van der Waals surface area (Å²) in [6.07, 6.45) is 0.263. The minimum Gasteiger partial charge on any atom is -0.497 e. The Morgan fingerprint density at radius 3 is 2.44 bits per heavy atom. The number of aliphatic hydroxyl groups excluding tert-OH is 1. The van der Waals surface area contributed by atoms with Crippen LogP contribution in [0.15, 0.2) is 119 Å². The van der Waals surface area contributed by atoms with E-state index in [4.69, 9.17) is 20.8 Å². The molecule has 61 heavy (non-hydrogen) atoms. The van der Waals surface area contributed by atoms with E-state index < -0.39 is 34.6 Å². The van der Waals surface area contributed by atoms with Gasteiger partial charge in [-0.15, -0.1) is 0 Å². The number of amides is 2. The number of rotatable bonds is 9. The number of halogens is 4. The first-order valence-corrected chi connectivity index (χ1v) is 20.9. The normalized spacial score (nSPS) is 21.9. The third-order valence-corrected chi connectivity index (χ3v) is 12.9. The first-order chi connectivity index (χ1) is 29.1. The SMILES string of the molecule is COc1ccc(NC(=O)N(Cc2ccccc2)C[C@]2(O)CC[C@H]3c4ccc(cc4C(=O)c4ccc(-c5cc(C(F)(F)F)ccc5Cl)o4)C[C@@H](O)CCC(C)=CCC[C@@]32C)cc1. The summed E-state index contributed by atoms with van der Waals surface area (Å²) in [5, 5.41) is 27.2. The smallest absolute Gasteiger partial charge is 0.416 e. The number of hydrogen-bond donors (Lipinski definition) is 3. The van der Waals surface area contributed by atoms with Crippen LogP contribution in [0.5, 0.6) is 5.75 Å². The maximum Gasteiger partial charge on any atom is 0.416 e. The van der Waals surface area contributed by atoms with E-state index in [9.17, 15) is 33.0 Å². The fourth-order valence-corrected chi connectivity index (χ4v) is 9.23. The summed E-state index contributed by atoms with van der Waals surface area (Å²) in [6.45, 7) is 4.29. The first kappa shape index (κ1) is 43.7. The first-order valence-electron chi connectivity index (χ1n) is 20.5. The van der Waals surface area contributed by atoms with Crippen molar-refractivity contribution in [2.45, 2.75) is 89.1 Å². The number of ether oxygens (including phenoxy) is 1. The number of hydrogen-bond acceptors (Lipinski definition) is 6. The molecule has 1 saturated carbocycles. The van der Waals surface area contributed by atoms with Gasteiger partial charge in [-0.1, -0.05) is 72.6 Å². The Morgan fingerprint density at radius 2 is 1.72 bits per heavy atom. The average Bonchev–Trinajstić information content (AvgIpc) is 3.82. The van der Waals surface area contributed by atoms with Crippen molar-refractivity contribution in [3.8, 4) is 17.1 Å². The van der Waals surface area contributed by atoms with Gasteiger partial charge in [-0.2, -0.15) is 13.2 Å². The molecular weight excluding hydrogens is 805 g/mol. The topological polar surface area (TPSA) is 112 Å². The van der Waals surface area contributed by atoms with E-state index in [0.29, 0.717) is 67.5 Å². The minimum atomic E-state index is -4.62. The Bertz CT molecular complexity index is 2400. The molecule has 4 atom stereocenters. The van der Waals surface area contributed by atoms with Gasteiger partial charge in [-0.25, -0.2) is 4.79 Å². The zero-order chi connectivity index (χ0) is 43.5. The van der Waals surface area contributed by atoms with Crippen molar-refractivity contribution < 1.29 is 42.1 Å². The molecule has 0 spiro atoms. The maximum atomic E-state index is 14.7. The molecular formula is C49H50ClF3N2O6. The Balaban J connectivity index is 1.28. The number of furan rings is 1. The third-order valence-electron chi connectivity index (χ3n) is 12.6. The Labute approximate surface area is 359 Å². The number of benzene rings is 4. The largest absolute Gasteiger partial charge is 0.497 e. The van der Waals surface area contributed by atoms with E-state index in [-0.39, 0.29) is 47.1 Å². The highest BCUT2D eigenvalue weighted by atomic mass is 35.5. The quantitative estimate of drug-likeness (QED) is 0.101. The minimum absolute atomic E-state index is 0.00313. The number of nitrogens with one attached hydrogen (secondary N) is 1. The van der Waals surface area contributed by atoms with Crippen LogP contribution in [0.25, 0.3) is 11.3 Å². The van der Waals surface area contributed by atoms with Gasteiger partial charge in [0.1, 0.15) is 11.5 Å². The molecule has 2 amide bonds. The summed E-state index contributed by atoms with van der Waals surface area (Å²) < 4.78 is 52.3. The van der Waals surface area contributed by atoms with Crippen molar-refractivity contribution in [3.05, 3.63) is 153 Å². The zero-order valence-corrected chi connectivity index (χ0v) is 35.2. The molecule has 3 aliphatic carbocycles. The van der Waals surface area contributed by atoms with E-state index in [1.807, 2.05) is 56.3 Å². The average molecular weight is 855 g/mol. The molecule has 1 aromatic heterocycles. The molecule has 320 valence electrons. The van der Waals surface area contributed by atoms with Crippen molar-refractivity contribution >= 4 is 29.1 Å². The second-order valence-corrected chi connectivity index (χ2v) is 17.0. The van der Waals surface area contributed by atoms with Gasteiger partial charge in [0, 0.05) is 28.8 Å². The number of allylic oxidation sites excluding steroid dienone is 2. The molecule has 1 heterocycles. The zero-order valence-electron chi connectivity index (χ0n) is 34.4. The van der Waals surface area contributed by atoms with Gasteiger partial charge in [-0.05, 0) is 135 Å². The number of alkyl halides is 3. The van der Waals surface area contributed by atoms with Gasteiger partial charge in [0.2, 0.25) is 5.78 Å². The fraction of sp³-hybridized carbons (Fsp3) is 0.347. The van der Waals surface area contributed by atoms with Crippen LogP contribution in [0.1, 0.15) is 96.7 Å². The highest BCUT2D eigenvalue weighted by molar-refractivity contribution is 6.33. The molecule has 3 N–H and O–H groups in total. The standard InChI is InChI=1S/C49H50ClF3N2O6/c1-31-8-7-24-47(2)41(23-25-48(47,59)30-55(29-32-9-5-4-6-10-32)46(58)54-35-14-17-37(60-3)18-15-35)38-19-12-33(26-36(56)16-11-31)27-39(38)45(57)44-22-21-43(61-44)40-28-34(49(51,52)53)13-20-42(40)50/h4-6,8-10,12-15,17-22,27-28,36,41,56,59H,7,11,16,23-26,29-30H2,1-3H3,(H,54,58)/t36-,41-,47-,48+/m0/s1. The van der Waals surface area contributed by atoms with Crippen LogP contribution in [0.3, 0.4) is 0 Å². The lowest BCUT2D eigenvalue weighted by molar-refractivity contribution is -0.137. The molecule has 12 heteroatoms. The molecule has 4 aromatic carbocycles. The van der Waals surface area contributed by atoms with Crippen molar-refractivity contribution in [1.82, 2.24) is 4.90 Å². The summed E-state index contributed by atoms with van der Waals surface area (Å²) >= 11 is 6.35. The van der Waals surface area contributed by atoms with Crippen molar-refractivity contribution in [1.29, 1.82) is 0 Å². The Kier molecular flexibility index (Phi) is 12.9. The van der Waals surface area contributed by atoms with Crippen LogP contribution >= 0.6 is 11.6 Å². The van der Waals surface area contributed by atoms with Gasteiger partial charge in [-0.3, -0.25) is 4.79 Å². The lowest BCUT2D eigenvalue weighted by Crippen LogP contribution is -2.54. The second-order valence-electron chi connectivity index (χ2n) is 16.6. The molecule has 3 aliphatic rings. The second kappa shape index (κ2) is 17.9. The molecule has 0 aliphatic heterocycles. The number of ketones is 1. The van der Waals surface area contributed by atoms with Crippen LogP contribution in [0, 0.1) is 5.41 Å². The summed E-state index contributed by atoms with van der Waals surface area (Å²) in [6, 6.07) is 27.5. The van der Waals surface area contributed by atoms with E-state index in [1.165, 1.54) is 12.1 Å². The molecule has 1 fully saturated rings. The van der Waals surface area contributed by atoms with Crippen LogP contribution in [-0.4, -0.2) is 52.3 Å². The van der Waals surface area contributed by atoms with Crippen LogP contribution in [0.2, 0.25) is 5.02 Å². The van der Waals surface area contributed by atoms with E-state index in [2.05, 4.69) is 11.4 Å².